The fraction of sp³-hybridized carbons (Fsp3) is 0.458. The van der Waals surface area contributed by atoms with Crippen molar-refractivity contribution in [1.29, 1.82) is 0 Å². The number of rotatable bonds is 10. The lowest BCUT2D eigenvalue weighted by molar-refractivity contribution is 0.0967. The number of benzene rings is 1. The number of aliphatic hydroxyl groups excluding tert-OH is 1. The van der Waals surface area contributed by atoms with Gasteiger partial charge < -0.3 is 10.0 Å². The highest BCUT2D eigenvalue weighted by atomic mass is 19.1. The molecule has 6 heteroatoms. The third-order valence-corrected chi connectivity index (χ3v) is 5.15. The second-order valence-corrected chi connectivity index (χ2v) is 7.84. The van der Waals surface area contributed by atoms with Crippen LogP contribution in [0.1, 0.15) is 55.8 Å². The van der Waals surface area contributed by atoms with E-state index in [2.05, 4.69) is 9.98 Å². The first-order chi connectivity index (χ1) is 14.2. The monoisotopic (exact) mass is 413 g/mol. The van der Waals surface area contributed by atoms with E-state index in [9.17, 15) is 14.3 Å². The molecule has 0 fully saturated rings. The molecule has 30 heavy (non-hydrogen) atoms. The standard InChI is InChI=1S/C24H32FN3O2/c1-6-21(27-17(3)16(2)25)24(30)19-9-7-18(8-10-19)20-11-12-22(26-15-20)23(29)13-14-28(4)5/h7-12,15-16,21,24,30H,6,13-14H2,1-5H3/t16?,21-,24-/m1/s1. The minimum atomic E-state index is -1.13. The molecule has 2 aromatic rings. The van der Waals surface area contributed by atoms with Gasteiger partial charge in [-0.2, -0.15) is 0 Å². The van der Waals surface area contributed by atoms with Gasteiger partial charge in [0, 0.05) is 30.4 Å². The van der Waals surface area contributed by atoms with Gasteiger partial charge in [0.25, 0.3) is 0 Å². The summed E-state index contributed by atoms with van der Waals surface area (Å²) in [4.78, 5) is 22.8. The van der Waals surface area contributed by atoms with Crippen LogP contribution in [-0.4, -0.2) is 59.3 Å². The zero-order valence-corrected chi connectivity index (χ0v) is 18.5. The van der Waals surface area contributed by atoms with Crippen molar-refractivity contribution >= 4 is 11.5 Å². The molecule has 2 rings (SSSR count). The maximum Gasteiger partial charge on any atom is 0.182 e. The molecule has 0 aliphatic carbocycles. The van der Waals surface area contributed by atoms with E-state index in [0.29, 0.717) is 30.8 Å². The van der Waals surface area contributed by atoms with E-state index in [1.165, 1.54) is 6.92 Å². The van der Waals surface area contributed by atoms with E-state index >= 15 is 0 Å². The first-order valence-electron chi connectivity index (χ1n) is 10.3. The number of nitrogens with zero attached hydrogens (tertiary/aromatic N) is 3. The summed E-state index contributed by atoms with van der Waals surface area (Å²) in [5.74, 6) is 0.0257. The summed E-state index contributed by atoms with van der Waals surface area (Å²) >= 11 is 0. The molecule has 1 aromatic carbocycles. The summed E-state index contributed by atoms with van der Waals surface area (Å²) in [6, 6.07) is 10.8. The van der Waals surface area contributed by atoms with Gasteiger partial charge in [0.05, 0.1) is 6.04 Å². The van der Waals surface area contributed by atoms with Crippen LogP contribution in [0.4, 0.5) is 4.39 Å². The predicted octanol–water partition coefficient (Wildman–Crippen LogP) is 4.51. The number of aliphatic hydroxyl groups is 1. The lowest BCUT2D eigenvalue weighted by atomic mass is 9.97. The quantitative estimate of drug-likeness (QED) is 0.460. The Morgan fingerprint density at radius 3 is 2.30 bits per heavy atom. The average Bonchev–Trinajstić information content (AvgIpc) is 2.75. The van der Waals surface area contributed by atoms with Crippen LogP contribution in [0.2, 0.25) is 0 Å². The zero-order chi connectivity index (χ0) is 22.3. The number of hydrogen-bond donors (Lipinski definition) is 1. The topological polar surface area (TPSA) is 65.8 Å². The Hall–Kier alpha value is -2.44. The van der Waals surface area contributed by atoms with Crippen LogP contribution < -0.4 is 0 Å². The number of halogens is 1. The highest BCUT2D eigenvalue weighted by Crippen LogP contribution is 2.26. The van der Waals surface area contributed by atoms with E-state index in [1.54, 1.807) is 19.2 Å². The third-order valence-electron chi connectivity index (χ3n) is 5.15. The molecule has 0 saturated heterocycles. The number of pyridine rings is 1. The lowest BCUT2D eigenvalue weighted by Crippen LogP contribution is -2.19. The van der Waals surface area contributed by atoms with Gasteiger partial charge in [-0.3, -0.25) is 14.8 Å². The van der Waals surface area contributed by atoms with E-state index in [0.717, 1.165) is 16.7 Å². The number of carbonyl (C=O) groups excluding carboxylic acids is 1. The molecule has 0 radical (unpaired) electrons. The van der Waals surface area contributed by atoms with E-state index < -0.39 is 12.3 Å². The van der Waals surface area contributed by atoms with Crippen LogP contribution in [0.15, 0.2) is 47.6 Å². The lowest BCUT2D eigenvalue weighted by Gasteiger charge is -2.20. The molecular formula is C24H32FN3O2. The van der Waals surface area contributed by atoms with Gasteiger partial charge in [-0.15, -0.1) is 0 Å². The van der Waals surface area contributed by atoms with Gasteiger partial charge in [-0.05, 0) is 51.6 Å². The molecule has 0 aliphatic heterocycles. The van der Waals surface area contributed by atoms with Crippen molar-refractivity contribution in [2.24, 2.45) is 4.99 Å². The first-order valence-corrected chi connectivity index (χ1v) is 10.3. The van der Waals surface area contributed by atoms with Crippen molar-refractivity contribution in [3.63, 3.8) is 0 Å². The minimum absolute atomic E-state index is 0.0257. The van der Waals surface area contributed by atoms with Crippen LogP contribution in [0.3, 0.4) is 0 Å². The Morgan fingerprint density at radius 2 is 1.80 bits per heavy atom. The number of ketones is 1. The van der Waals surface area contributed by atoms with Gasteiger partial charge in [-0.1, -0.05) is 37.3 Å². The molecule has 0 spiro atoms. The Kier molecular flexibility index (Phi) is 8.81. The molecule has 3 atom stereocenters. The summed E-state index contributed by atoms with van der Waals surface area (Å²) in [7, 11) is 3.87. The Labute approximate surface area is 178 Å². The maximum atomic E-state index is 13.4. The van der Waals surface area contributed by atoms with Crippen molar-refractivity contribution in [2.75, 3.05) is 20.6 Å². The Balaban J connectivity index is 2.11. The van der Waals surface area contributed by atoms with Crippen molar-refractivity contribution in [3.8, 4) is 11.1 Å². The summed E-state index contributed by atoms with van der Waals surface area (Å²) in [5.41, 5.74) is 3.43. The number of aromatic nitrogens is 1. The zero-order valence-electron chi connectivity index (χ0n) is 18.5. The van der Waals surface area contributed by atoms with Crippen molar-refractivity contribution < 1.29 is 14.3 Å². The normalized spacial score (nSPS) is 15.1. The molecule has 0 saturated carbocycles. The highest BCUT2D eigenvalue weighted by Gasteiger charge is 2.20. The van der Waals surface area contributed by atoms with E-state index in [-0.39, 0.29) is 11.8 Å². The van der Waals surface area contributed by atoms with Gasteiger partial charge in [0.15, 0.2) is 5.78 Å². The predicted molar refractivity (Wildman–Crippen MR) is 120 cm³/mol. The second-order valence-electron chi connectivity index (χ2n) is 7.84. The van der Waals surface area contributed by atoms with Crippen LogP contribution in [0, 0.1) is 0 Å². The summed E-state index contributed by atoms with van der Waals surface area (Å²) in [6.07, 6.45) is 0.819. The second kappa shape index (κ2) is 11.1. The largest absolute Gasteiger partial charge is 0.386 e. The molecular weight excluding hydrogens is 381 g/mol. The fourth-order valence-corrected chi connectivity index (χ4v) is 3.03. The molecule has 162 valence electrons. The van der Waals surface area contributed by atoms with Gasteiger partial charge in [0.1, 0.15) is 18.0 Å². The van der Waals surface area contributed by atoms with Crippen molar-refractivity contribution in [3.05, 3.63) is 53.9 Å². The molecule has 1 unspecified atom stereocenters. The number of alkyl halides is 1. The molecule has 0 bridgehead atoms. The molecule has 1 heterocycles. The highest BCUT2D eigenvalue weighted by molar-refractivity contribution is 5.94. The molecule has 0 aliphatic rings. The van der Waals surface area contributed by atoms with Crippen molar-refractivity contribution in [1.82, 2.24) is 9.88 Å². The number of Topliss-reactive ketones (excluding diaryl/α,β-unsaturated/α-hetero) is 1. The minimum Gasteiger partial charge on any atom is -0.386 e. The SMILES string of the molecule is CC[C@@H](N=C(C)C(C)F)[C@H](O)c1ccc(-c2ccc(C(=O)CCN(C)C)nc2)cc1. The smallest absolute Gasteiger partial charge is 0.182 e. The maximum absolute atomic E-state index is 13.4. The summed E-state index contributed by atoms with van der Waals surface area (Å²) in [5, 5.41) is 10.7. The van der Waals surface area contributed by atoms with Gasteiger partial charge in [0.2, 0.25) is 0 Å². The van der Waals surface area contributed by atoms with E-state index in [4.69, 9.17) is 0 Å². The molecule has 1 N–H and O–H groups in total. The van der Waals surface area contributed by atoms with Gasteiger partial charge >= 0.3 is 0 Å². The van der Waals surface area contributed by atoms with Crippen LogP contribution in [-0.2, 0) is 0 Å². The summed E-state index contributed by atoms with van der Waals surface area (Å²) < 4.78 is 13.4. The Bertz CT molecular complexity index is 846. The molecule has 5 nitrogen and oxygen atoms in total. The first kappa shape index (κ1) is 23.8. The van der Waals surface area contributed by atoms with E-state index in [1.807, 2.05) is 56.3 Å². The summed E-state index contributed by atoms with van der Waals surface area (Å²) in [6.45, 7) is 5.71. The average molecular weight is 414 g/mol. The fourth-order valence-electron chi connectivity index (χ4n) is 3.03. The van der Waals surface area contributed by atoms with Crippen LogP contribution >= 0.6 is 0 Å². The van der Waals surface area contributed by atoms with Crippen molar-refractivity contribution in [2.45, 2.75) is 51.9 Å². The molecule has 0 amide bonds. The number of hydrogen-bond acceptors (Lipinski definition) is 5. The van der Waals surface area contributed by atoms with Crippen LogP contribution in [0.25, 0.3) is 11.1 Å². The van der Waals surface area contributed by atoms with Crippen LogP contribution in [0.5, 0.6) is 0 Å². The Morgan fingerprint density at radius 1 is 1.17 bits per heavy atom. The molecule has 1 aromatic heterocycles. The number of aliphatic imine (C=N–C) groups is 1. The number of carbonyl (C=O) groups is 1. The third kappa shape index (κ3) is 6.54. The van der Waals surface area contributed by atoms with Gasteiger partial charge in [-0.25, -0.2) is 4.39 Å².